The molecule has 0 atom stereocenters. The SMILES string of the molecule is O=Nn1c2c(c3ccccc31)C(=O)CCC2. The summed E-state index contributed by atoms with van der Waals surface area (Å²) in [7, 11) is 0. The van der Waals surface area contributed by atoms with Gasteiger partial charge in [0.15, 0.2) is 5.78 Å². The highest BCUT2D eigenvalue weighted by Gasteiger charge is 2.25. The van der Waals surface area contributed by atoms with E-state index in [0.717, 1.165) is 29.4 Å². The van der Waals surface area contributed by atoms with E-state index in [9.17, 15) is 9.70 Å². The highest BCUT2D eigenvalue weighted by molar-refractivity contribution is 6.10. The summed E-state index contributed by atoms with van der Waals surface area (Å²) in [6, 6.07) is 7.42. The molecule has 4 heteroatoms. The van der Waals surface area contributed by atoms with Crippen LogP contribution in [0.15, 0.2) is 29.6 Å². The van der Waals surface area contributed by atoms with Crippen molar-refractivity contribution < 1.29 is 4.79 Å². The number of carbonyl (C=O) groups is 1. The van der Waals surface area contributed by atoms with Crippen molar-refractivity contribution in [1.29, 1.82) is 0 Å². The molecule has 80 valence electrons. The molecule has 2 aromatic rings. The van der Waals surface area contributed by atoms with E-state index in [1.54, 1.807) is 0 Å². The number of hydrogen-bond acceptors (Lipinski definition) is 3. The highest BCUT2D eigenvalue weighted by atomic mass is 16.3. The smallest absolute Gasteiger partial charge is 0.165 e. The predicted octanol–water partition coefficient (Wildman–Crippen LogP) is 2.69. The minimum atomic E-state index is 0.125. The van der Waals surface area contributed by atoms with Gasteiger partial charge in [0.05, 0.1) is 16.5 Å². The normalized spacial score (nSPS) is 15.1. The van der Waals surface area contributed by atoms with Crippen molar-refractivity contribution >= 4 is 16.7 Å². The van der Waals surface area contributed by atoms with Crippen molar-refractivity contribution in [2.45, 2.75) is 19.3 Å². The van der Waals surface area contributed by atoms with Gasteiger partial charge in [-0.2, -0.15) is 0 Å². The van der Waals surface area contributed by atoms with E-state index in [1.165, 1.54) is 4.68 Å². The Kier molecular flexibility index (Phi) is 1.89. The topological polar surface area (TPSA) is 51.4 Å². The molecule has 0 N–H and O–H groups in total. The number of hydrogen-bond donors (Lipinski definition) is 0. The summed E-state index contributed by atoms with van der Waals surface area (Å²) in [5, 5.41) is 3.87. The summed E-state index contributed by atoms with van der Waals surface area (Å²) in [5.74, 6) is 0.125. The van der Waals surface area contributed by atoms with Crippen LogP contribution in [0.25, 0.3) is 10.9 Å². The minimum Gasteiger partial charge on any atom is -0.294 e. The van der Waals surface area contributed by atoms with Crippen molar-refractivity contribution in [3.05, 3.63) is 40.4 Å². The Morgan fingerprint density at radius 1 is 1.19 bits per heavy atom. The molecule has 1 heterocycles. The lowest BCUT2D eigenvalue weighted by Gasteiger charge is -2.10. The zero-order chi connectivity index (χ0) is 11.1. The Bertz CT molecular complexity index is 598. The second-order valence-corrected chi connectivity index (χ2v) is 4.01. The summed E-state index contributed by atoms with van der Waals surface area (Å²) in [6.07, 6.45) is 2.12. The molecule has 1 aromatic heterocycles. The Morgan fingerprint density at radius 3 is 2.81 bits per heavy atom. The lowest BCUT2D eigenvalue weighted by molar-refractivity contribution is 0.0973. The van der Waals surface area contributed by atoms with Gasteiger partial charge in [0.2, 0.25) is 0 Å². The fourth-order valence-electron chi connectivity index (χ4n) is 2.45. The summed E-state index contributed by atoms with van der Waals surface area (Å²) in [5.41, 5.74) is 2.20. The molecule has 1 aliphatic rings. The molecule has 16 heavy (non-hydrogen) atoms. The zero-order valence-corrected chi connectivity index (χ0v) is 8.64. The van der Waals surface area contributed by atoms with Crippen molar-refractivity contribution in [1.82, 2.24) is 4.68 Å². The first-order chi connectivity index (χ1) is 7.83. The highest BCUT2D eigenvalue weighted by Crippen LogP contribution is 2.31. The minimum absolute atomic E-state index is 0.125. The van der Waals surface area contributed by atoms with Crippen LogP contribution in [0, 0.1) is 4.91 Å². The van der Waals surface area contributed by atoms with Gasteiger partial charge in [0.1, 0.15) is 0 Å². The zero-order valence-electron chi connectivity index (χ0n) is 8.64. The molecule has 3 rings (SSSR count). The average Bonchev–Trinajstić information content (AvgIpc) is 2.64. The fourth-order valence-corrected chi connectivity index (χ4v) is 2.45. The van der Waals surface area contributed by atoms with Gasteiger partial charge >= 0.3 is 0 Å². The maximum absolute atomic E-state index is 11.9. The first-order valence-electron chi connectivity index (χ1n) is 5.32. The number of Topliss-reactive ketones (excluding diaryl/α,β-unsaturated/α-hetero) is 1. The number of fused-ring (bicyclic) bond motifs is 3. The summed E-state index contributed by atoms with van der Waals surface area (Å²) in [6.45, 7) is 0. The number of aromatic nitrogens is 1. The molecule has 0 fully saturated rings. The summed E-state index contributed by atoms with van der Waals surface area (Å²) >= 11 is 0. The van der Waals surface area contributed by atoms with Crippen LogP contribution >= 0.6 is 0 Å². The van der Waals surface area contributed by atoms with E-state index in [1.807, 2.05) is 24.3 Å². The monoisotopic (exact) mass is 214 g/mol. The maximum atomic E-state index is 11.9. The van der Waals surface area contributed by atoms with Crippen LogP contribution in [0.1, 0.15) is 28.9 Å². The first kappa shape index (κ1) is 9.27. The third-order valence-corrected chi connectivity index (χ3v) is 3.12. The molecular formula is C12H10N2O2. The largest absolute Gasteiger partial charge is 0.294 e. The number of benzene rings is 1. The van der Waals surface area contributed by atoms with Crippen molar-refractivity contribution in [2.24, 2.45) is 5.29 Å². The van der Waals surface area contributed by atoms with Gasteiger partial charge in [0, 0.05) is 17.4 Å². The molecule has 0 aliphatic heterocycles. The number of rotatable bonds is 1. The van der Waals surface area contributed by atoms with E-state index in [-0.39, 0.29) is 5.78 Å². The molecule has 4 nitrogen and oxygen atoms in total. The van der Waals surface area contributed by atoms with Crippen molar-refractivity contribution in [3.63, 3.8) is 0 Å². The number of ketones is 1. The van der Waals surface area contributed by atoms with Crippen LogP contribution < -0.4 is 0 Å². The molecule has 0 saturated heterocycles. The Balaban J connectivity index is 2.47. The third kappa shape index (κ3) is 1.07. The third-order valence-electron chi connectivity index (χ3n) is 3.12. The van der Waals surface area contributed by atoms with E-state index >= 15 is 0 Å². The number of para-hydroxylation sites is 1. The van der Waals surface area contributed by atoms with Gasteiger partial charge in [-0.05, 0) is 18.9 Å². The second kappa shape index (κ2) is 3.27. The lowest BCUT2D eigenvalue weighted by atomic mass is 9.94. The summed E-state index contributed by atoms with van der Waals surface area (Å²) in [4.78, 5) is 22.7. The van der Waals surface area contributed by atoms with Crippen LogP contribution in [0.2, 0.25) is 0 Å². The molecule has 0 spiro atoms. The number of carbonyl (C=O) groups excluding carboxylic acids is 1. The van der Waals surface area contributed by atoms with Gasteiger partial charge in [-0.3, -0.25) is 4.79 Å². The quantitative estimate of drug-likeness (QED) is 0.685. The predicted molar refractivity (Wildman–Crippen MR) is 60.4 cm³/mol. The summed E-state index contributed by atoms with van der Waals surface area (Å²) < 4.78 is 1.36. The standard InChI is InChI=1S/C12H10N2O2/c15-11-7-3-6-10-12(11)8-4-1-2-5-9(8)14(10)13-16/h1-2,4-5H,3,6-7H2. The number of nitroso groups, excluding NO2 is 1. The van der Waals surface area contributed by atoms with Gasteiger partial charge in [-0.15, -0.1) is 4.91 Å². The molecule has 0 saturated carbocycles. The average molecular weight is 214 g/mol. The number of nitrogens with zero attached hydrogens (tertiary/aromatic N) is 2. The second-order valence-electron chi connectivity index (χ2n) is 4.01. The Morgan fingerprint density at radius 2 is 2.00 bits per heavy atom. The van der Waals surface area contributed by atoms with Crippen LogP contribution in [-0.2, 0) is 6.42 Å². The van der Waals surface area contributed by atoms with Crippen LogP contribution in [0.3, 0.4) is 0 Å². The van der Waals surface area contributed by atoms with Gasteiger partial charge < -0.3 is 0 Å². The van der Waals surface area contributed by atoms with E-state index in [2.05, 4.69) is 5.29 Å². The van der Waals surface area contributed by atoms with E-state index < -0.39 is 0 Å². The fraction of sp³-hybridized carbons (Fsp3) is 0.250. The van der Waals surface area contributed by atoms with Crippen molar-refractivity contribution in [3.8, 4) is 0 Å². The van der Waals surface area contributed by atoms with Crippen molar-refractivity contribution in [2.75, 3.05) is 0 Å². The van der Waals surface area contributed by atoms with Gasteiger partial charge in [-0.25, -0.2) is 4.68 Å². The molecule has 1 aromatic carbocycles. The van der Waals surface area contributed by atoms with Crippen LogP contribution in [0.4, 0.5) is 0 Å². The molecule has 0 amide bonds. The van der Waals surface area contributed by atoms with Gasteiger partial charge in [-0.1, -0.05) is 18.2 Å². The van der Waals surface area contributed by atoms with Gasteiger partial charge in [0.25, 0.3) is 0 Å². The van der Waals surface area contributed by atoms with Crippen LogP contribution in [0.5, 0.6) is 0 Å². The first-order valence-corrected chi connectivity index (χ1v) is 5.32. The van der Waals surface area contributed by atoms with E-state index in [0.29, 0.717) is 12.0 Å². The lowest BCUT2D eigenvalue weighted by Crippen LogP contribution is -2.11. The maximum Gasteiger partial charge on any atom is 0.165 e. The molecule has 0 bridgehead atoms. The Labute approximate surface area is 91.8 Å². The Hall–Kier alpha value is -1.97. The molecule has 1 aliphatic carbocycles. The van der Waals surface area contributed by atoms with Crippen LogP contribution in [-0.4, -0.2) is 10.5 Å². The molecule has 0 unspecified atom stereocenters. The molecular weight excluding hydrogens is 204 g/mol. The molecule has 0 radical (unpaired) electrons. The van der Waals surface area contributed by atoms with E-state index in [4.69, 9.17) is 0 Å².